The Hall–Kier alpha value is -3.92. The van der Waals surface area contributed by atoms with Crippen LogP contribution < -0.4 is 21.1 Å². The molecule has 3 atom stereocenters. The van der Waals surface area contributed by atoms with Crippen molar-refractivity contribution in [3.05, 3.63) is 59.3 Å². The van der Waals surface area contributed by atoms with Gasteiger partial charge in [-0.15, -0.1) is 0 Å². The highest BCUT2D eigenvalue weighted by Crippen LogP contribution is 2.31. The number of aromatic nitrogens is 2. The highest BCUT2D eigenvalue weighted by molar-refractivity contribution is 6.12. The van der Waals surface area contributed by atoms with Crippen molar-refractivity contribution in [1.82, 2.24) is 25.3 Å². The van der Waals surface area contributed by atoms with Gasteiger partial charge in [-0.05, 0) is 63.8 Å². The quantitative estimate of drug-likeness (QED) is 0.445. The van der Waals surface area contributed by atoms with E-state index in [-0.39, 0.29) is 59.6 Å². The summed E-state index contributed by atoms with van der Waals surface area (Å²) < 4.78 is 7.28. The van der Waals surface area contributed by atoms with Gasteiger partial charge in [0.05, 0.1) is 23.4 Å². The van der Waals surface area contributed by atoms with Crippen molar-refractivity contribution in [2.24, 2.45) is 5.92 Å². The van der Waals surface area contributed by atoms with Crippen LogP contribution in [0.15, 0.2) is 48.2 Å². The van der Waals surface area contributed by atoms with E-state index in [4.69, 9.17) is 10.5 Å². The molecule has 10 heteroatoms. The van der Waals surface area contributed by atoms with Gasteiger partial charge >= 0.3 is 0 Å². The van der Waals surface area contributed by atoms with Crippen LogP contribution in [0.3, 0.4) is 0 Å². The summed E-state index contributed by atoms with van der Waals surface area (Å²) in [4.78, 5) is 40.5. The minimum absolute atomic E-state index is 0.00273. The van der Waals surface area contributed by atoms with Crippen molar-refractivity contribution in [1.29, 1.82) is 0 Å². The maximum atomic E-state index is 13.4. The van der Waals surface area contributed by atoms with Gasteiger partial charge in [-0.25, -0.2) is 4.68 Å². The number of ether oxygens (including phenoxy) is 1. The second-order valence-corrected chi connectivity index (χ2v) is 10.8. The van der Waals surface area contributed by atoms with Gasteiger partial charge in [-0.2, -0.15) is 5.10 Å². The van der Waals surface area contributed by atoms with E-state index in [1.54, 1.807) is 29.2 Å². The van der Waals surface area contributed by atoms with Gasteiger partial charge in [0.2, 0.25) is 5.91 Å². The monoisotopic (exact) mass is 532 g/mol. The molecule has 1 saturated carbocycles. The second kappa shape index (κ2) is 11.1. The summed E-state index contributed by atoms with van der Waals surface area (Å²) in [5.74, 6) is -0.0826. The van der Waals surface area contributed by atoms with Gasteiger partial charge in [0.15, 0.2) is 12.4 Å². The first-order valence-electron chi connectivity index (χ1n) is 13.5. The van der Waals surface area contributed by atoms with E-state index in [9.17, 15) is 14.4 Å². The second-order valence-electron chi connectivity index (χ2n) is 10.8. The molecule has 1 aromatic carbocycles. The molecule has 39 heavy (non-hydrogen) atoms. The highest BCUT2D eigenvalue weighted by atomic mass is 16.5. The van der Waals surface area contributed by atoms with E-state index < -0.39 is 0 Å². The number of nitrogens with two attached hydrogens (primary N) is 1. The fraction of sp³-hybridized carbons (Fsp3) is 0.448. The molecule has 2 aliphatic carbocycles. The lowest BCUT2D eigenvalue weighted by atomic mass is 9.94. The predicted octanol–water partition coefficient (Wildman–Crippen LogP) is 2.37. The summed E-state index contributed by atoms with van der Waals surface area (Å²) >= 11 is 0. The molecule has 1 aliphatic heterocycles. The van der Waals surface area contributed by atoms with Crippen LogP contribution in [0.25, 0.3) is 5.70 Å². The smallest absolute Gasteiger partial charge is 0.260 e. The molecule has 1 saturated heterocycles. The van der Waals surface area contributed by atoms with E-state index in [1.807, 2.05) is 32.9 Å². The van der Waals surface area contributed by atoms with Crippen LogP contribution in [0.5, 0.6) is 5.75 Å². The first-order valence-corrected chi connectivity index (χ1v) is 13.5. The summed E-state index contributed by atoms with van der Waals surface area (Å²) in [6, 6.07) is 7.44. The lowest BCUT2D eigenvalue weighted by Gasteiger charge is -2.36. The standard InChI is InChI=1S/C29H36N6O4/c1-17-7-8-21(29(38)33-22-9-10-22)12-25(17)35-28(30)24(13-31-35)27(37)20-5-4-6-23(11-20)39-16-26(36)34-14-18(2)32-19(3)15-34/h4-7,11-13,18-19,21-22,32H,8-10,14-16,30H2,1-3H3,(H,33,38). The lowest BCUT2D eigenvalue weighted by Crippen LogP contribution is -2.56. The molecule has 3 aliphatic rings. The van der Waals surface area contributed by atoms with Crippen molar-refractivity contribution in [2.45, 2.75) is 58.2 Å². The van der Waals surface area contributed by atoms with Crippen LogP contribution in [0.2, 0.25) is 0 Å². The number of carbonyl (C=O) groups is 3. The van der Waals surface area contributed by atoms with E-state index in [1.165, 1.54) is 10.9 Å². The molecular formula is C29H36N6O4. The number of allylic oxidation sites excluding steroid dienone is 3. The number of nitrogen functional groups attached to an aromatic ring is 1. The van der Waals surface area contributed by atoms with Crippen LogP contribution in [0.4, 0.5) is 5.82 Å². The number of carbonyl (C=O) groups excluding carboxylic acids is 3. The summed E-state index contributed by atoms with van der Waals surface area (Å²) in [5.41, 5.74) is 8.68. The molecule has 3 unspecified atom stereocenters. The zero-order valence-corrected chi connectivity index (χ0v) is 22.6. The summed E-state index contributed by atoms with van der Waals surface area (Å²) in [6.45, 7) is 7.19. The summed E-state index contributed by atoms with van der Waals surface area (Å²) in [5, 5.41) is 10.8. The van der Waals surface area contributed by atoms with Crippen molar-refractivity contribution < 1.29 is 19.1 Å². The summed E-state index contributed by atoms with van der Waals surface area (Å²) in [6.07, 6.45) is 7.98. The normalized spacial score (nSPS) is 23.1. The molecule has 10 nitrogen and oxygen atoms in total. The van der Waals surface area contributed by atoms with Gasteiger partial charge < -0.3 is 26.0 Å². The topological polar surface area (TPSA) is 132 Å². The molecule has 0 bridgehead atoms. The molecular weight excluding hydrogens is 496 g/mol. The Bertz CT molecular complexity index is 1330. The lowest BCUT2D eigenvalue weighted by molar-refractivity contribution is -0.135. The average molecular weight is 533 g/mol. The minimum atomic E-state index is -0.309. The van der Waals surface area contributed by atoms with Crippen molar-refractivity contribution >= 4 is 29.1 Å². The van der Waals surface area contributed by atoms with Crippen molar-refractivity contribution in [3.8, 4) is 5.75 Å². The minimum Gasteiger partial charge on any atom is -0.484 e. The van der Waals surface area contributed by atoms with Crippen LogP contribution >= 0.6 is 0 Å². The van der Waals surface area contributed by atoms with Gasteiger partial charge in [-0.1, -0.05) is 18.2 Å². The van der Waals surface area contributed by atoms with Gasteiger partial charge in [0.1, 0.15) is 11.6 Å². The third-order valence-electron chi connectivity index (χ3n) is 7.35. The molecule has 2 aromatic rings. The molecule has 206 valence electrons. The van der Waals surface area contributed by atoms with Crippen molar-refractivity contribution in [3.63, 3.8) is 0 Å². The molecule has 2 heterocycles. The van der Waals surface area contributed by atoms with E-state index in [2.05, 4.69) is 15.7 Å². The Morgan fingerprint density at radius 3 is 2.64 bits per heavy atom. The zero-order valence-electron chi connectivity index (χ0n) is 22.6. The number of piperazine rings is 1. The number of nitrogens with one attached hydrogen (secondary N) is 2. The number of hydrogen-bond donors (Lipinski definition) is 3. The number of amides is 2. The third-order valence-corrected chi connectivity index (χ3v) is 7.35. The van der Waals surface area contributed by atoms with Crippen LogP contribution in [0, 0.1) is 5.92 Å². The van der Waals surface area contributed by atoms with E-state index in [0.717, 1.165) is 18.4 Å². The Morgan fingerprint density at radius 2 is 1.92 bits per heavy atom. The fourth-order valence-corrected chi connectivity index (χ4v) is 5.13. The highest BCUT2D eigenvalue weighted by Gasteiger charge is 2.29. The molecule has 4 N–H and O–H groups in total. The number of benzene rings is 1. The molecule has 1 aromatic heterocycles. The largest absolute Gasteiger partial charge is 0.484 e. The first-order chi connectivity index (χ1) is 18.7. The van der Waals surface area contributed by atoms with Gasteiger partial charge in [0, 0.05) is 36.8 Å². The van der Waals surface area contributed by atoms with Gasteiger partial charge in [0.25, 0.3) is 5.91 Å². The maximum Gasteiger partial charge on any atom is 0.260 e. The number of anilines is 1. The Labute approximate surface area is 228 Å². The first kappa shape index (κ1) is 26.7. The van der Waals surface area contributed by atoms with Crippen LogP contribution in [0.1, 0.15) is 56.0 Å². The Morgan fingerprint density at radius 1 is 1.18 bits per heavy atom. The Kier molecular flexibility index (Phi) is 7.56. The molecule has 2 amide bonds. The number of nitrogens with zero attached hydrogens (tertiary/aromatic N) is 3. The van der Waals surface area contributed by atoms with E-state index >= 15 is 0 Å². The molecule has 0 spiro atoms. The van der Waals surface area contributed by atoms with Crippen molar-refractivity contribution in [2.75, 3.05) is 25.4 Å². The maximum absolute atomic E-state index is 13.4. The van der Waals surface area contributed by atoms with Crippen LogP contribution in [-0.4, -0.2) is 70.1 Å². The molecule has 2 fully saturated rings. The molecule has 0 radical (unpaired) electrons. The SMILES string of the molecule is CC1=CCC(C(=O)NC2CC2)C=C1n1ncc(C(=O)c2cccc(OCC(=O)N3CC(C)NC(C)C3)c2)c1N. The summed E-state index contributed by atoms with van der Waals surface area (Å²) in [7, 11) is 0. The number of ketones is 1. The zero-order chi connectivity index (χ0) is 27.7. The average Bonchev–Trinajstić information content (AvgIpc) is 3.65. The molecule has 5 rings (SSSR count). The van der Waals surface area contributed by atoms with Crippen LogP contribution in [-0.2, 0) is 9.59 Å². The van der Waals surface area contributed by atoms with E-state index in [0.29, 0.717) is 36.5 Å². The Balaban J connectivity index is 1.28. The third kappa shape index (κ3) is 6.06. The van der Waals surface area contributed by atoms with Gasteiger partial charge in [-0.3, -0.25) is 14.4 Å². The number of rotatable bonds is 8. The fourth-order valence-electron chi connectivity index (χ4n) is 5.13. The number of hydrogen-bond acceptors (Lipinski definition) is 7. The predicted molar refractivity (Wildman–Crippen MR) is 148 cm³/mol.